The van der Waals surface area contributed by atoms with Crippen LogP contribution in [0.2, 0.25) is 10.0 Å². The highest BCUT2D eigenvalue weighted by molar-refractivity contribution is 7.92. The fourth-order valence-electron chi connectivity index (χ4n) is 3.60. The van der Waals surface area contributed by atoms with Crippen molar-refractivity contribution in [1.82, 2.24) is 10.2 Å². The summed E-state index contributed by atoms with van der Waals surface area (Å²) in [7, 11) is -3.54. The van der Waals surface area contributed by atoms with Crippen LogP contribution in [0.4, 0.5) is 5.69 Å². The lowest BCUT2D eigenvalue weighted by atomic mass is 10.1. The van der Waals surface area contributed by atoms with E-state index < -0.39 is 16.1 Å². The molecule has 0 radical (unpaired) electrons. The van der Waals surface area contributed by atoms with Crippen LogP contribution in [0, 0.1) is 6.92 Å². The Kier molecular flexibility index (Phi) is 11.1. The molecule has 36 heavy (non-hydrogen) atoms. The molecule has 7 nitrogen and oxygen atoms in total. The second-order valence-corrected chi connectivity index (χ2v) is 11.8. The van der Waals surface area contributed by atoms with Gasteiger partial charge >= 0.3 is 0 Å². The number of sulfonamides is 1. The molecule has 2 rings (SSSR count). The molecular formula is C26H35Cl2N3O4S. The van der Waals surface area contributed by atoms with E-state index in [9.17, 15) is 18.0 Å². The molecule has 0 aromatic heterocycles. The van der Waals surface area contributed by atoms with Gasteiger partial charge in [-0.05, 0) is 63.4 Å². The molecule has 0 aliphatic rings. The Morgan fingerprint density at radius 1 is 1.03 bits per heavy atom. The number of hydrogen-bond donors (Lipinski definition) is 1. The second kappa shape index (κ2) is 13.3. The first-order valence-corrected chi connectivity index (χ1v) is 14.5. The maximum absolute atomic E-state index is 13.3. The first-order valence-electron chi connectivity index (χ1n) is 11.9. The van der Waals surface area contributed by atoms with Gasteiger partial charge in [-0.1, -0.05) is 53.9 Å². The number of aryl methyl sites for hydroxylation is 1. The van der Waals surface area contributed by atoms with Crippen molar-refractivity contribution in [3.63, 3.8) is 0 Å². The topological polar surface area (TPSA) is 86.8 Å². The lowest BCUT2D eigenvalue weighted by Gasteiger charge is -2.30. The first kappa shape index (κ1) is 29.9. The Bertz CT molecular complexity index is 1160. The van der Waals surface area contributed by atoms with Gasteiger partial charge in [0.2, 0.25) is 21.8 Å². The number of nitrogens with zero attached hydrogens (tertiary/aromatic N) is 2. The van der Waals surface area contributed by atoms with Crippen LogP contribution in [0.5, 0.6) is 0 Å². The summed E-state index contributed by atoms with van der Waals surface area (Å²) in [6.45, 7) is 7.78. The van der Waals surface area contributed by atoms with Crippen LogP contribution in [0.1, 0.15) is 51.2 Å². The molecule has 2 aromatic rings. The zero-order chi connectivity index (χ0) is 27.0. The third-order valence-corrected chi connectivity index (χ3v) is 7.91. The van der Waals surface area contributed by atoms with Crippen LogP contribution in [-0.2, 0) is 26.2 Å². The predicted molar refractivity (Wildman–Crippen MR) is 147 cm³/mol. The van der Waals surface area contributed by atoms with Gasteiger partial charge in [-0.3, -0.25) is 13.9 Å². The van der Waals surface area contributed by atoms with Crippen molar-refractivity contribution in [3.8, 4) is 0 Å². The van der Waals surface area contributed by atoms with Crippen LogP contribution >= 0.6 is 23.2 Å². The predicted octanol–water partition coefficient (Wildman–Crippen LogP) is 5.18. The lowest BCUT2D eigenvalue weighted by Crippen LogP contribution is -2.49. The van der Waals surface area contributed by atoms with Gasteiger partial charge in [-0.2, -0.15) is 0 Å². The fourth-order valence-corrected chi connectivity index (χ4v) is 4.88. The van der Waals surface area contributed by atoms with Crippen LogP contribution in [-0.4, -0.2) is 50.0 Å². The van der Waals surface area contributed by atoms with Crippen molar-refractivity contribution >= 4 is 50.7 Å². The second-order valence-electron chi connectivity index (χ2n) is 9.04. The molecular weight excluding hydrogens is 521 g/mol. The number of amides is 2. The van der Waals surface area contributed by atoms with Crippen molar-refractivity contribution in [2.75, 3.05) is 17.1 Å². The molecule has 0 bridgehead atoms. The van der Waals surface area contributed by atoms with Gasteiger partial charge in [0.15, 0.2) is 0 Å². The molecule has 2 aromatic carbocycles. The maximum Gasteiger partial charge on any atom is 0.242 e. The smallest absolute Gasteiger partial charge is 0.242 e. The van der Waals surface area contributed by atoms with Crippen molar-refractivity contribution in [3.05, 3.63) is 63.6 Å². The van der Waals surface area contributed by atoms with Gasteiger partial charge in [0.25, 0.3) is 0 Å². The Labute approximate surface area is 224 Å². The summed E-state index contributed by atoms with van der Waals surface area (Å²) in [4.78, 5) is 27.7. The molecule has 0 saturated heterocycles. The van der Waals surface area contributed by atoms with E-state index in [2.05, 4.69) is 5.32 Å². The molecule has 0 spiro atoms. The number of carbonyl (C=O) groups is 2. The number of nitrogens with one attached hydrogen (secondary N) is 1. The normalized spacial score (nSPS) is 13.1. The Balaban J connectivity index is 2.19. The van der Waals surface area contributed by atoms with E-state index in [1.165, 1.54) is 9.21 Å². The first-order chi connectivity index (χ1) is 16.8. The lowest BCUT2D eigenvalue weighted by molar-refractivity contribution is -0.140. The number of benzene rings is 2. The number of carbonyl (C=O) groups excluding carboxylic acids is 2. The van der Waals surface area contributed by atoms with E-state index in [4.69, 9.17) is 23.2 Å². The Hall–Kier alpha value is -2.29. The van der Waals surface area contributed by atoms with Gasteiger partial charge < -0.3 is 10.2 Å². The highest BCUT2D eigenvalue weighted by Gasteiger charge is 2.27. The van der Waals surface area contributed by atoms with Crippen LogP contribution < -0.4 is 9.62 Å². The van der Waals surface area contributed by atoms with E-state index in [0.29, 0.717) is 15.7 Å². The van der Waals surface area contributed by atoms with Crippen LogP contribution in [0.3, 0.4) is 0 Å². The largest absolute Gasteiger partial charge is 0.352 e. The fraction of sp³-hybridized carbons (Fsp3) is 0.462. The van der Waals surface area contributed by atoms with Crippen molar-refractivity contribution in [2.24, 2.45) is 0 Å². The van der Waals surface area contributed by atoms with Crippen molar-refractivity contribution in [2.45, 2.75) is 65.6 Å². The minimum atomic E-state index is -3.54. The monoisotopic (exact) mass is 555 g/mol. The van der Waals surface area contributed by atoms with E-state index >= 15 is 0 Å². The third kappa shape index (κ3) is 8.68. The molecule has 0 aliphatic heterocycles. The molecule has 2 amide bonds. The average Bonchev–Trinajstić information content (AvgIpc) is 2.81. The summed E-state index contributed by atoms with van der Waals surface area (Å²) in [6, 6.07) is 11.5. The van der Waals surface area contributed by atoms with Crippen molar-refractivity contribution < 1.29 is 18.0 Å². The molecule has 10 heteroatoms. The summed E-state index contributed by atoms with van der Waals surface area (Å²) in [5.41, 5.74) is 2.30. The molecule has 0 heterocycles. The molecule has 0 fully saturated rings. The molecule has 0 saturated carbocycles. The molecule has 0 unspecified atom stereocenters. The van der Waals surface area contributed by atoms with Gasteiger partial charge in [0.1, 0.15) is 6.04 Å². The summed E-state index contributed by atoms with van der Waals surface area (Å²) in [5, 5.41) is 3.69. The third-order valence-electron chi connectivity index (χ3n) is 5.98. The molecule has 1 N–H and O–H groups in total. The Morgan fingerprint density at radius 3 is 2.22 bits per heavy atom. The highest BCUT2D eigenvalue weighted by atomic mass is 35.5. The molecule has 2 atom stereocenters. The average molecular weight is 557 g/mol. The summed E-state index contributed by atoms with van der Waals surface area (Å²) >= 11 is 12.2. The maximum atomic E-state index is 13.3. The number of halogens is 2. The van der Waals surface area contributed by atoms with Gasteiger partial charge in [0.05, 0.1) is 22.0 Å². The highest BCUT2D eigenvalue weighted by Crippen LogP contribution is 2.24. The summed E-state index contributed by atoms with van der Waals surface area (Å²) in [5.74, 6) is -0.514. The van der Waals surface area contributed by atoms with Gasteiger partial charge in [-0.25, -0.2) is 8.42 Å². The number of rotatable bonds is 12. The standard InChI is InChI=1S/C26H35Cl2N3O4S/c1-6-19(3)29-26(33)20(4)30(17-21-11-14-23(27)24(28)16-21)25(32)8-7-15-31(36(5,34)35)22-12-9-18(2)10-13-22/h9-14,16,19-20H,6-8,15,17H2,1-5H3,(H,29,33)/t19-,20+/m0/s1. The number of anilines is 1. The minimum absolute atomic E-state index is 0.0280. The van der Waals surface area contributed by atoms with E-state index in [-0.39, 0.29) is 43.8 Å². The molecule has 198 valence electrons. The number of hydrogen-bond acceptors (Lipinski definition) is 4. The van der Waals surface area contributed by atoms with Crippen LogP contribution in [0.15, 0.2) is 42.5 Å². The quantitative estimate of drug-likeness (QED) is 0.391. The van der Waals surface area contributed by atoms with Gasteiger partial charge in [0, 0.05) is 25.6 Å². The zero-order valence-corrected chi connectivity index (χ0v) is 23.8. The van der Waals surface area contributed by atoms with E-state index in [0.717, 1.165) is 23.8 Å². The summed E-state index contributed by atoms with van der Waals surface area (Å²) < 4.78 is 26.1. The Morgan fingerprint density at radius 2 is 1.67 bits per heavy atom. The van der Waals surface area contributed by atoms with Gasteiger partial charge in [-0.15, -0.1) is 0 Å². The summed E-state index contributed by atoms with van der Waals surface area (Å²) in [6.07, 6.45) is 2.27. The van der Waals surface area contributed by atoms with E-state index in [1.807, 2.05) is 32.9 Å². The van der Waals surface area contributed by atoms with Crippen LogP contribution in [0.25, 0.3) is 0 Å². The van der Waals surface area contributed by atoms with Crippen molar-refractivity contribution in [1.29, 1.82) is 0 Å². The van der Waals surface area contributed by atoms with E-state index in [1.54, 1.807) is 37.3 Å². The SMILES string of the molecule is CC[C@H](C)NC(=O)[C@@H](C)N(Cc1ccc(Cl)c(Cl)c1)C(=O)CCCN(c1ccc(C)cc1)S(C)(=O)=O. The molecule has 0 aliphatic carbocycles. The minimum Gasteiger partial charge on any atom is -0.352 e. The zero-order valence-electron chi connectivity index (χ0n) is 21.4.